The van der Waals surface area contributed by atoms with Crippen LogP contribution in [-0.2, 0) is 4.74 Å². The lowest BCUT2D eigenvalue weighted by molar-refractivity contribution is 0.0999. The second-order valence-corrected chi connectivity index (χ2v) is 6.14. The van der Waals surface area contributed by atoms with E-state index in [-0.39, 0.29) is 0 Å². The van der Waals surface area contributed by atoms with E-state index in [1.807, 2.05) is 19.2 Å². The standard InChI is InChI=1S/C18H22ClNO/c1-20-18(11-8-13-5-4-12-21-13)16-9-10-17(19)15-7-3-2-6-14(15)16/h2-3,6-7,9-10,13,18,20H,4-5,8,11-12H2,1H3. The summed E-state index contributed by atoms with van der Waals surface area (Å²) < 4.78 is 5.74. The number of rotatable bonds is 5. The molecule has 2 unspecified atom stereocenters. The van der Waals surface area contributed by atoms with E-state index < -0.39 is 0 Å². The summed E-state index contributed by atoms with van der Waals surface area (Å²) in [5.41, 5.74) is 1.33. The molecule has 1 N–H and O–H groups in total. The zero-order chi connectivity index (χ0) is 14.7. The van der Waals surface area contributed by atoms with Crippen LogP contribution in [0.25, 0.3) is 10.8 Å². The lowest BCUT2D eigenvalue weighted by Gasteiger charge is -2.21. The number of hydrogen-bond acceptors (Lipinski definition) is 2. The molecule has 0 bridgehead atoms. The van der Waals surface area contributed by atoms with E-state index in [1.54, 1.807) is 0 Å². The summed E-state index contributed by atoms with van der Waals surface area (Å²) in [6.45, 7) is 0.929. The maximum Gasteiger partial charge on any atom is 0.0576 e. The van der Waals surface area contributed by atoms with Crippen LogP contribution in [0.1, 0.15) is 37.3 Å². The van der Waals surface area contributed by atoms with Crippen LogP contribution in [0.4, 0.5) is 0 Å². The van der Waals surface area contributed by atoms with E-state index in [9.17, 15) is 0 Å². The first kappa shape index (κ1) is 14.8. The molecule has 0 spiro atoms. The predicted octanol–water partition coefficient (Wildman–Crippen LogP) is 4.71. The van der Waals surface area contributed by atoms with Gasteiger partial charge in [0.1, 0.15) is 0 Å². The molecule has 3 heteroatoms. The van der Waals surface area contributed by atoms with Gasteiger partial charge in [-0.2, -0.15) is 0 Å². The molecule has 0 saturated carbocycles. The van der Waals surface area contributed by atoms with Gasteiger partial charge < -0.3 is 10.1 Å². The summed E-state index contributed by atoms with van der Waals surface area (Å²) in [4.78, 5) is 0. The van der Waals surface area contributed by atoms with Crippen molar-refractivity contribution in [3.8, 4) is 0 Å². The summed E-state index contributed by atoms with van der Waals surface area (Å²) in [7, 11) is 2.03. The highest BCUT2D eigenvalue weighted by molar-refractivity contribution is 6.35. The van der Waals surface area contributed by atoms with Crippen LogP contribution in [0.2, 0.25) is 5.02 Å². The van der Waals surface area contributed by atoms with Crippen LogP contribution in [0, 0.1) is 0 Å². The second kappa shape index (κ2) is 6.78. The number of fused-ring (bicyclic) bond motifs is 1. The minimum Gasteiger partial charge on any atom is -0.378 e. The Morgan fingerprint density at radius 3 is 2.76 bits per heavy atom. The zero-order valence-electron chi connectivity index (χ0n) is 12.4. The van der Waals surface area contributed by atoms with Crippen molar-refractivity contribution in [1.82, 2.24) is 5.32 Å². The van der Waals surface area contributed by atoms with Gasteiger partial charge in [0.15, 0.2) is 0 Å². The molecular formula is C18H22ClNO. The van der Waals surface area contributed by atoms with Gasteiger partial charge in [-0.15, -0.1) is 0 Å². The SMILES string of the molecule is CNC(CCC1CCCO1)c1ccc(Cl)c2ccccc12. The first-order valence-corrected chi connectivity index (χ1v) is 8.13. The van der Waals surface area contributed by atoms with Crippen molar-refractivity contribution in [3.63, 3.8) is 0 Å². The molecule has 0 amide bonds. The number of ether oxygens (including phenoxy) is 1. The van der Waals surface area contributed by atoms with Crippen LogP contribution in [0.3, 0.4) is 0 Å². The Hall–Kier alpha value is -1.09. The monoisotopic (exact) mass is 303 g/mol. The normalized spacial score (nSPS) is 20.0. The molecule has 0 radical (unpaired) electrons. The maximum atomic E-state index is 6.32. The van der Waals surface area contributed by atoms with Crippen molar-refractivity contribution >= 4 is 22.4 Å². The van der Waals surface area contributed by atoms with Gasteiger partial charge in [0.05, 0.1) is 6.10 Å². The molecule has 112 valence electrons. The minimum atomic E-state index is 0.344. The number of hydrogen-bond donors (Lipinski definition) is 1. The molecular weight excluding hydrogens is 282 g/mol. The second-order valence-electron chi connectivity index (χ2n) is 5.74. The summed E-state index contributed by atoms with van der Waals surface area (Å²) in [5.74, 6) is 0. The number of nitrogens with one attached hydrogen (secondary N) is 1. The quantitative estimate of drug-likeness (QED) is 0.863. The van der Waals surface area contributed by atoms with Crippen molar-refractivity contribution in [1.29, 1.82) is 0 Å². The van der Waals surface area contributed by atoms with Gasteiger partial charge in [0.2, 0.25) is 0 Å². The predicted molar refractivity (Wildman–Crippen MR) is 89.0 cm³/mol. The topological polar surface area (TPSA) is 21.3 Å². The van der Waals surface area contributed by atoms with Gasteiger partial charge in [-0.3, -0.25) is 0 Å². The Morgan fingerprint density at radius 2 is 2.05 bits per heavy atom. The molecule has 2 aromatic carbocycles. The van der Waals surface area contributed by atoms with Gasteiger partial charge in [-0.1, -0.05) is 41.9 Å². The van der Waals surface area contributed by atoms with Crippen LogP contribution in [0.5, 0.6) is 0 Å². The van der Waals surface area contributed by atoms with E-state index in [2.05, 4.69) is 29.6 Å². The Labute approximate surface area is 131 Å². The lowest BCUT2D eigenvalue weighted by Crippen LogP contribution is -2.19. The number of benzene rings is 2. The summed E-state index contributed by atoms with van der Waals surface area (Å²) >= 11 is 6.32. The fourth-order valence-electron chi connectivity index (χ4n) is 3.27. The largest absolute Gasteiger partial charge is 0.378 e. The summed E-state index contributed by atoms with van der Waals surface area (Å²) in [5, 5.41) is 6.66. The molecule has 0 aromatic heterocycles. The van der Waals surface area contributed by atoms with Gasteiger partial charge in [0, 0.05) is 23.1 Å². The summed E-state index contributed by atoms with van der Waals surface area (Å²) in [6.07, 6.45) is 5.06. The molecule has 2 atom stereocenters. The van der Waals surface area contributed by atoms with Crippen LogP contribution in [0.15, 0.2) is 36.4 Å². The molecule has 2 nitrogen and oxygen atoms in total. The Morgan fingerprint density at radius 1 is 1.24 bits per heavy atom. The highest BCUT2D eigenvalue weighted by atomic mass is 35.5. The van der Waals surface area contributed by atoms with Crippen molar-refractivity contribution < 1.29 is 4.74 Å². The molecule has 1 saturated heterocycles. The third kappa shape index (κ3) is 3.23. The fourth-order valence-corrected chi connectivity index (χ4v) is 3.50. The highest BCUT2D eigenvalue weighted by Crippen LogP contribution is 2.32. The van der Waals surface area contributed by atoms with E-state index in [0.717, 1.165) is 29.9 Å². The molecule has 1 fully saturated rings. The average molecular weight is 304 g/mol. The first-order valence-electron chi connectivity index (χ1n) is 7.75. The minimum absolute atomic E-state index is 0.344. The van der Waals surface area contributed by atoms with E-state index in [0.29, 0.717) is 12.1 Å². The lowest BCUT2D eigenvalue weighted by atomic mass is 9.94. The Bertz CT molecular complexity index is 607. The third-order valence-electron chi connectivity index (χ3n) is 4.43. The molecule has 21 heavy (non-hydrogen) atoms. The van der Waals surface area contributed by atoms with Crippen molar-refractivity contribution in [3.05, 3.63) is 47.0 Å². The highest BCUT2D eigenvalue weighted by Gasteiger charge is 2.19. The van der Waals surface area contributed by atoms with Gasteiger partial charge in [-0.05, 0) is 49.7 Å². The van der Waals surface area contributed by atoms with E-state index >= 15 is 0 Å². The zero-order valence-corrected chi connectivity index (χ0v) is 13.2. The molecule has 1 aliphatic heterocycles. The average Bonchev–Trinajstić information content (AvgIpc) is 3.03. The molecule has 1 aliphatic rings. The number of halogens is 1. The Kier molecular flexibility index (Phi) is 4.79. The third-order valence-corrected chi connectivity index (χ3v) is 4.76. The van der Waals surface area contributed by atoms with Crippen LogP contribution in [-0.4, -0.2) is 19.8 Å². The summed E-state index contributed by atoms with van der Waals surface area (Å²) in [6, 6.07) is 12.9. The van der Waals surface area contributed by atoms with Gasteiger partial charge >= 0.3 is 0 Å². The van der Waals surface area contributed by atoms with Gasteiger partial charge in [-0.25, -0.2) is 0 Å². The van der Waals surface area contributed by atoms with Crippen LogP contribution >= 0.6 is 11.6 Å². The van der Waals surface area contributed by atoms with Crippen molar-refractivity contribution in [2.45, 2.75) is 37.8 Å². The van der Waals surface area contributed by atoms with E-state index in [4.69, 9.17) is 16.3 Å². The van der Waals surface area contributed by atoms with Crippen LogP contribution < -0.4 is 5.32 Å². The molecule has 3 rings (SSSR count). The van der Waals surface area contributed by atoms with Crippen molar-refractivity contribution in [2.24, 2.45) is 0 Å². The van der Waals surface area contributed by atoms with Gasteiger partial charge in [0.25, 0.3) is 0 Å². The molecule has 2 aromatic rings. The van der Waals surface area contributed by atoms with Crippen molar-refractivity contribution in [2.75, 3.05) is 13.7 Å². The molecule has 0 aliphatic carbocycles. The first-order chi connectivity index (χ1) is 10.3. The fraction of sp³-hybridized carbons (Fsp3) is 0.444. The maximum absolute atomic E-state index is 6.32. The molecule has 1 heterocycles. The Balaban J connectivity index is 1.84. The smallest absolute Gasteiger partial charge is 0.0576 e. The van der Waals surface area contributed by atoms with E-state index in [1.165, 1.54) is 23.8 Å².